The molecule has 58 valence electrons. The third-order valence-corrected chi connectivity index (χ3v) is 2.49. The molecular formula is C7H13NO2. The van der Waals surface area contributed by atoms with Gasteiger partial charge in [0.2, 0.25) is 0 Å². The molecule has 0 aliphatic carbocycles. The van der Waals surface area contributed by atoms with Gasteiger partial charge in [-0.1, -0.05) is 0 Å². The Morgan fingerprint density at radius 3 is 3.20 bits per heavy atom. The maximum atomic E-state index is 9.00. The van der Waals surface area contributed by atoms with Crippen molar-refractivity contribution in [2.75, 3.05) is 19.8 Å². The fourth-order valence-corrected chi connectivity index (χ4v) is 1.84. The third kappa shape index (κ3) is 0.856. The number of hydrogen-bond donors (Lipinski definition) is 2. The first-order chi connectivity index (χ1) is 4.85. The van der Waals surface area contributed by atoms with Crippen molar-refractivity contribution < 1.29 is 9.84 Å². The van der Waals surface area contributed by atoms with Crippen molar-refractivity contribution in [3.8, 4) is 0 Å². The zero-order valence-corrected chi connectivity index (χ0v) is 5.97. The van der Waals surface area contributed by atoms with Crippen molar-refractivity contribution in [1.82, 2.24) is 5.32 Å². The van der Waals surface area contributed by atoms with Crippen LogP contribution in [0, 0.1) is 0 Å². The van der Waals surface area contributed by atoms with Crippen LogP contribution in [-0.4, -0.2) is 36.5 Å². The number of nitrogens with one attached hydrogen (secondary N) is 1. The van der Waals surface area contributed by atoms with Gasteiger partial charge in [0.15, 0.2) is 0 Å². The summed E-state index contributed by atoms with van der Waals surface area (Å²) in [6.45, 7) is 1.87. The third-order valence-electron chi connectivity index (χ3n) is 2.49. The van der Waals surface area contributed by atoms with Gasteiger partial charge in [-0.05, 0) is 12.8 Å². The standard InChI is InChI=1S/C7H13NO2/c9-5-7-1-2-10-4-6(3-7)8-7/h6,8-9H,1-5H2. The van der Waals surface area contributed by atoms with Crippen molar-refractivity contribution in [2.45, 2.75) is 24.4 Å². The predicted molar refractivity (Wildman–Crippen MR) is 36.8 cm³/mol. The van der Waals surface area contributed by atoms with E-state index in [1.165, 1.54) is 0 Å². The summed E-state index contributed by atoms with van der Waals surface area (Å²) in [5, 5.41) is 12.3. The second-order valence-corrected chi connectivity index (χ2v) is 3.31. The lowest BCUT2D eigenvalue weighted by Gasteiger charge is -2.45. The minimum Gasteiger partial charge on any atom is -0.394 e. The van der Waals surface area contributed by atoms with Crippen molar-refractivity contribution in [1.29, 1.82) is 0 Å². The van der Waals surface area contributed by atoms with Crippen LogP contribution in [0.4, 0.5) is 0 Å². The highest BCUT2D eigenvalue weighted by atomic mass is 16.5. The molecule has 0 aromatic heterocycles. The molecular weight excluding hydrogens is 130 g/mol. The number of aliphatic hydroxyl groups excluding tert-OH is 1. The van der Waals surface area contributed by atoms with Crippen LogP contribution in [0.25, 0.3) is 0 Å². The summed E-state index contributed by atoms with van der Waals surface area (Å²) in [6, 6.07) is 0.509. The molecule has 2 N–H and O–H groups in total. The Balaban J connectivity index is 2.01. The molecule has 3 aliphatic heterocycles. The van der Waals surface area contributed by atoms with E-state index in [4.69, 9.17) is 9.84 Å². The first-order valence-corrected chi connectivity index (χ1v) is 3.81. The minimum atomic E-state index is 0.0289. The molecule has 2 atom stereocenters. The van der Waals surface area contributed by atoms with Gasteiger partial charge >= 0.3 is 0 Å². The second kappa shape index (κ2) is 2.19. The number of hydrogen-bond acceptors (Lipinski definition) is 3. The summed E-state index contributed by atoms with van der Waals surface area (Å²) < 4.78 is 5.30. The number of rotatable bonds is 1. The van der Waals surface area contributed by atoms with E-state index in [2.05, 4.69) is 5.32 Å². The Bertz CT molecular complexity index is 126. The topological polar surface area (TPSA) is 41.5 Å². The molecule has 0 aromatic carbocycles. The lowest BCUT2D eigenvalue weighted by molar-refractivity contribution is 0.0633. The summed E-state index contributed by atoms with van der Waals surface area (Å²) in [4.78, 5) is 0. The van der Waals surface area contributed by atoms with E-state index >= 15 is 0 Å². The smallest absolute Gasteiger partial charge is 0.0620 e. The van der Waals surface area contributed by atoms with E-state index in [9.17, 15) is 0 Å². The molecule has 0 amide bonds. The van der Waals surface area contributed by atoms with Gasteiger partial charge in [0, 0.05) is 18.2 Å². The van der Waals surface area contributed by atoms with Gasteiger partial charge in [-0.25, -0.2) is 0 Å². The maximum Gasteiger partial charge on any atom is 0.0620 e. The predicted octanol–water partition coefficient (Wildman–Crippen LogP) is -0.500. The maximum absolute atomic E-state index is 9.00. The molecule has 2 unspecified atom stereocenters. The zero-order valence-electron chi connectivity index (χ0n) is 5.97. The molecule has 0 radical (unpaired) electrons. The van der Waals surface area contributed by atoms with Gasteiger partial charge < -0.3 is 15.2 Å². The first-order valence-electron chi connectivity index (χ1n) is 3.81. The number of ether oxygens (including phenoxy) is 1. The summed E-state index contributed by atoms with van der Waals surface area (Å²) in [5.41, 5.74) is 0.0289. The quantitative estimate of drug-likeness (QED) is 0.520. The molecule has 3 heteroatoms. The van der Waals surface area contributed by atoms with Crippen LogP contribution in [0.15, 0.2) is 0 Å². The van der Waals surface area contributed by atoms with E-state index in [-0.39, 0.29) is 12.1 Å². The van der Waals surface area contributed by atoms with E-state index in [1.54, 1.807) is 0 Å². The van der Waals surface area contributed by atoms with Crippen LogP contribution < -0.4 is 5.32 Å². The van der Waals surface area contributed by atoms with Crippen molar-refractivity contribution in [3.63, 3.8) is 0 Å². The van der Waals surface area contributed by atoms with Gasteiger partial charge in [0.05, 0.1) is 13.2 Å². The van der Waals surface area contributed by atoms with Crippen molar-refractivity contribution >= 4 is 0 Å². The Morgan fingerprint density at radius 2 is 2.50 bits per heavy atom. The Morgan fingerprint density at radius 1 is 1.70 bits per heavy atom. The summed E-state index contributed by atoms with van der Waals surface area (Å²) in [6.07, 6.45) is 2.05. The number of aliphatic hydroxyl groups is 1. The lowest BCUT2D eigenvalue weighted by atomic mass is 9.81. The van der Waals surface area contributed by atoms with Gasteiger partial charge in [-0.15, -0.1) is 0 Å². The highest BCUT2D eigenvalue weighted by Gasteiger charge is 2.44. The average molecular weight is 143 g/mol. The highest BCUT2D eigenvalue weighted by molar-refractivity contribution is 5.04. The summed E-state index contributed by atoms with van der Waals surface area (Å²) in [7, 11) is 0. The van der Waals surface area contributed by atoms with E-state index in [0.29, 0.717) is 6.04 Å². The first kappa shape index (κ1) is 6.58. The Hall–Kier alpha value is -0.120. The molecule has 3 nitrogen and oxygen atoms in total. The van der Waals surface area contributed by atoms with Gasteiger partial charge in [-0.2, -0.15) is 0 Å². The Kier molecular flexibility index (Phi) is 1.44. The fourth-order valence-electron chi connectivity index (χ4n) is 1.84. The molecule has 2 bridgehead atoms. The van der Waals surface area contributed by atoms with Gasteiger partial charge in [0.1, 0.15) is 0 Å². The van der Waals surface area contributed by atoms with Crippen LogP contribution >= 0.6 is 0 Å². The van der Waals surface area contributed by atoms with Crippen LogP contribution in [0.2, 0.25) is 0 Å². The molecule has 10 heavy (non-hydrogen) atoms. The minimum absolute atomic E-state index is 0.0289. The molecule has 3 aliphatic rings. The monoisotopic (exact) mass is 143 g/mol. The van der Waals surface area contributed by atoms with E-state index < -0.39 is 0 Å². The molecule has 3 heterocycles. The van der Waals surface area contributed by atoms with E-state index in [0.717, 1.165) is 26.1 Å². The summed E-state index contributed by atoms with van der Waals surface area (Å²) >= 11 is 0. The largest absolute Gasteiger partial charge is 0.394 e. The lowest BCUT2D eigenvalue weighted by Crippen LogP contribution is -2.65. The van der Waals surface area contributed by atoms with Crippen LogP contribution in [0.1, 0.15) is 12.8 Å². The molecule has 0 saturated carbocycles. The van der Waals surface area contributed by atoms with Crippen LogP contribution in [0.5, 0.6) is 0 Å². The SMILES string of the molecule is OCC12CCOCC(C1)N2. The van der Waals surface area contributed by atoms with Crippen LogP contribution in [0.3, 0.4) is 0 Å². The molecule has 0 aromatic rings. The van der Waals surface area contributed by atoms with Crippen molar-refractivity contribution in [2.24, 2.45) is 0 Å². The molecule has 3 saturated heterocycles. The van der Waals surface area contributed by atoms with Gasteiger partial charge in [0.25, 0.3) is 0 Å². The van der Waals surface area contributed by atoms with Crippen molar-refractivity contribution in [3.05, 3.63) is 0 Å². The summed E-state index contributed by atoms with van der Waals surface area (Å²) in [5.74, 6) is 0. The highest BCUT2D eigenvalue weighted by Crippen LogP contribution is 2.30. The second-order valence-electron chi connectivity index (χ2n) is 3.31. The normalized spacial score (nSPS) is 45.9. The average Bonchev–Trinajstić information content (AvgIpc) is 2.15. The molecule has 3 fully saturated rings. The van der Waals surface area contributed by atoms with E-state index in [1.807, 2.05) is 0 Å². The molecule has 3 rings (SSSR count). The fraction of sp³-hybridized carbons (Fsp3) is 1.00. The van der Waals surface area contributed by atoms with Crippen LogP contribution in [-0.2, 0) is 4.74 Å². The van der Waals surface area contributed by atoms with Gasteiger partial charge in [-0.3, -0.25) is 0 Å². The Labute approximate surface area is 60.4 Å². The zero-order chi connectivity index (χ0) is 7.03. The number of fused-ring (bicyclic) bond motifs is 3. The molecule has 0 spiro atoms.